The van der Waals surface area contributed by atoms with Crippen molar-refractivity contribution in [3.05, 3.63) is 65.3 Å². The summed E-state index contributed by atoms with van der Waals surface area (Å²) < 4.78 is 11.8. The predicted molar refractivity (Wildman–Crippen MR) is 70.6 cm³/mol. The zero-order valence-electron chi connectivity index (χ0n) is 10.4. The van der Waals surface area contributed by atoms with Crippen molar-refractivity contribution in [3.63, 3.8) is 0 Å². The molecule has 0 aliphatic carbocycles. The van der Waals surface area contributed by atoms with E-state index in [2.05, 4.69) is 0 Å². The quantitative estimate of drug-likeness (QED) is 0.658. The molecular weight excluding hydrogens is 242 g/mol. The molecule has 19 heavy (non-hydrogen) atoms. The Labute approximate surface area is 109 Å². The van der Waals surface area contributed by atoms with Gasteiger partial charge in [-0.15, -0.1) is 0 Å². The van der Waals surface area contributed by atoms with E-state index in [1.807, 2.05) is 30.3 Å². The van der Waals surface area contributed by atoms with Crippen molar-refractivity contribution in [3.8, 4) is 11.4 Å². The Morgan fingerprint density at radius 2 is 1.79 bits per heavy atom. The van der Waals surface area contributed by atoms with Crippen LogP contribution in [0.15, 0.2) is 63.9 Å². The molecule has 0 fully saturated rings. The highest BCUT2D eigenvalue weighted by Gasteiger charge is 2.15. The Hall–Kier alpha value is -2.62. The zero-order valence-corrected chi connectivity index (χ0v) is 10.4. The van der Waals surface area contributed by atoms with Crippen molar-refractivity contribution in [2.75, 3.05) is 7.11 Å². The zero-order chi connectivity index (χ0) is 13.2. The van der Waals surface area contributed by atoms with Gasteiger partial charge in [0.05, 0.1) is 12.5 Å². The number of rotatable bonds is 2. The lowest BCUT2D eigenvalue weighted by atomic mass is 10.2. The number of ether oxygens (including phenoxy) is 1. The highest BCUT2D eigenvalue weighted by atomic mass is 16.5. The van der Waals surface area contributed by atoms with Gasteiger partial charge in [-0.1, -0.05) is 16.7 Å². The molecule has 4 heteroatoms. The number of benzene rings is 2. The highest BCUT2D eigenvalue weighted by Crippen LogP contribution is 2.12. The molecule has 0 unspecified atom stereocenters. The fourth-order valence-corrected chi connectivity index (χ4v) is 1.94. The van der Waals surface area contributed by atoms with Crippen molar-refractivity contribution >= 4 is 11.0 Å². The third-order valence-electron chi connectivity index (χ3n) is 2.93. The molecule has 1 heterocycles. The number of para-hydroxylation sites is 1. The van der Waals surface area contributed by atoms with Crippen LogP contribution in [0.5, 0.6) is 5.75 Å². The van der Waals surface area contributed by atoms with E-state index in [-0.39, 0.29) is 0 Å². The lowest BCUT2D eigenvalue weighted by Crippen LogP contribution is -2.46. The minimum Gasteiger partial charge on any atom is -0.497 e. The summed E-state index contributed by atoms with van der Waals surface area (Å²) in [5.74, 6) is 0.332. The summed E-state index contributed by atoms with van der Waals surface area (Å²) in [6, 6.07) is 14.6. The van der Waals surface area contributed by atoms with Crippen LogP contribution in [0.4, 0.5) is 0 Å². The molecular formula is C15H12NO3+. The average molecular weight is 254 g/mol. The van der Waals surface area contributed by atoms with Gasteiger partial charge in [-0.05, 0) is 24.3 Å². The Balaban J connectivity index is 2.18. The van der Waals surface area contributed by atoms with Crippen LogP contribution in [-0.4, -0.2) is 7.11 Å². The van der Waals surface area contributed by atoms with Crippen molar-refractivity contribution < 1.29 is 13.7 Å². The van der Waals surface area contributed by atoms with Crippen LogP contribution in [0.3, 0.4) is 0 Å². The topological polar surface area (TPSA) is 43.3 Å². The number of fused-ring (bicyclic) bond motifs is 1. The molecule has 0 amide bonds. The summed E-state index contributed by atoms with van der Waals surface area (Å²) in [6.07, 6.45) is 1.77. The summed E-state index contributed by atoms with van der Waals surface area (Å²) in [5, 5.41) is 0.873. The largest absolute Gasteiger partial charge is 0.608 e. The summed E-state index contributed by atoms with van der Waals surface area (Å²) in [5.41, 5.74) is 1.32. The highest BCUT2D eigenvalue weighted by molar-refractivity contribution is 5.74. The van der Waals surface area contributed by atoms with E-state index in [1.54, 1.807) is 31.5 Å². The first-order chi connectivity index (χ1) is 9.28. The molecule has 0 saturated heterocycles. The van der Waals surface area contributed by atoms with Gasteiger partial charge < -0.3 is 9.15 Å². The number of hydrogen-bond acceptors (Lipinski definition) is 3. The predicted octanol–water partition coefficient (Wildman–Crippen LogP) is 2.08. The van der Waals surface area contributed by atoms with Crippen LogP contribution in [0.2, 0.25) is 0 Å². The van der Waals surface area contributed by atoms with Crippen LogP contribution in [0.1, 0.15) is 0 Å². The number of aromatic nitrogens is 1. The molecule has 0 aliphatic rings. The molecule has 0 saturated carbocycles. The third-order valence-corrected chi connectivity index (χ3v) is 2.93. The molecule has 0 N–H and O–H groups in total. The van der Waals surface area contributed by atoms with Gasteiger partial charge in [-0.3, -0.25) is 0 Å². The summed E-state index contributed by atoms with van der Waals surface area (Å²) in [7, 11) is 1.60. The van der Waals surface area contributed by atoms with E-state index in [0.717, 1.165) is 16.8 Å². The van der Waals surface area contributed by atoms with Gasteiger partial charge in [0.1, 0.15) is 5.75 Å². The van der Waals surface area contributed by atoms with Crippen molar-refractivity contribution in [2.24, 2.45) is 0 Å². The second-order valence-corrected chi connectivity index (χ2v) is 4.10. The lowest BCUT2D eigenvalue weighted by molar-refractivity contribution is -0.623. The van der Waals surface area contributed by atoms with Gasteiger partial charge in [0, 0.05) is 12.1 Å². The summed E-state index contributed by atoms with van der Waals surface area (Å²) in [6.45, 7) is 0. The molecule has 0 atom stereocenters. The van der Waals surface area contributed by atoms with Crippen LogP contribution in [-0.2, 0) is 0 Å². The average Bonchev–Trinajstić information content (AvgIpc) is 2.47. The van der Waals surface area contributed by atoms with E-state index in [9.17, 15) is 4.79 Å². The van der Waals surface area contributed by atoms with E-state index < -0.39 is 5.76 Å². The molecule has 1 aromatic heterocycles. The first-order valence-electron chi connectivity index (χ1n) is 5.87. The molecule has 0 bridgehead atoms. The third kappa shape index (κ3) is 2.08. The molecule has 3 aromatic rings. The fourth-order valence-electron chi connectivity index (χ4n) is 1.94. The first kappa shape index (κ1) is 11.5. The molecule has 0 radical (unpaired) electrons. The summed E-state index contributed by atoms with van der Waals surface area (Å²) >= 11 is 0. The van der Waals surface area contributed by atoms with E-state index in [4.69, 9.17) is 9.15 Å². The van der Waals surface area contributed by atoms with Crippen LogP contribution in [0.25, 0.3) is 16.7 Å². The Kier molecular flexibility index (Phi) is 2.76. The summed E-state index contributed by atoms with van der Waals surface area (Å²) in [4.78, 5) is 12.0. The maximum absolute atomic E-state index is 12.0. The molecule has 2 aromatic carbocycles. The Morgan fingerprint density at radius 1 is 1.05 bits per heavy atom. The van der Waals surface area contributed by atoms with Gasteiger partial charge in [-0.25, -0.2) is 0 Å². The number of nitrogens with zero attached hydrogens (tertiary/aromatic N) is 1. The van der Waals surface area contributed by atoms with Gasteiger partial charge in [0.25, 0.3) is 0 Å². The minimum atomic E-state index is -0.413. The van der Waals surface area contributed by atoms with Crippen molar-refractivity contribution in [2.45, 2.75) is 0 Å². The van der Waals surface area contributed by atoms with Gasteiger partial charge >= 0.3 is 5.76 Å². The normalized spacial score (nSPS) is 10.6. The molecule has 94 valence electrons. The number of hydrogen-bond donors (Lipinski definition) is 0. The smallest absolute Gasteiger partial charge is 0.497 e. The Bertz CT molecular complexity index is 775. The van der Waals surface area contributed by atoms with Gasteiger partial charge in [-0.2, -0.15) is 4.79 Å². The maximum Gasteiger partial charge on any atom is 0.608 e. The maximum atomic E-state index is 12.0. The fraction of sp³-hybridized carbons (Fsp3) is 0.0667. The SMILES string of the molecule is COc1ccc(-[n+]2cc3ccccc3oc2=O)cc1. The van der Waals surface area contributed by atoms with E-state index in [1.165, 1.54) is 4.57 Å². The lowest BCUT2D eigenvalue weighted by Gasteiger charge is -1.99. The molecule has 3 rings (SSSR count). The molecule has 0 spiro atoms. The first-order valence-corrected chi connectivity index (χ1v) is 5.87. The van der Waals surface area contributed by atoms with Gasteiger partial charge in [0.15, 0.2) is 11.8 Å². The second kappa shape index (κ2) is 4.57. The monoisotopic (exact) mass is 254 g/mol. The van der Waals surface area contributed by atoms with Crippen LogP contribution >= 0.6 is 0 Å². The van der Waals surface area contributed by atoms with Crippen molar-refractivity contribution in [1.29, 1.82) is 0 Å². The molecule has 0 aliphatic heterocycles. The van der Waals surface area contributed by atoms with Gasteiger partial charge in [0.2, 0.25) is 5.69 Å². The van der Waals surface area contributed by atoms with Crippen LogP contribution in [0, 0.1) is 0 Å². The van der Waals surface area contributed by atoms with Crippen LogP contribution < -0.4 is 15.1 Å². The second-order valence-electron chi connectivity index (χ2n) is 4.10. The number of methoxy groups -OCH3 is 1. The minimum absolute atomic E-state index is 0.413. The molecule has 4 nitrogen and oxygen atoms in total. The standard InChI is InChI=1S/C15H12NO3/c1-18-13-8-6-12(7-9-13)16-10-11-4-2-3-5-14(11)19-15(16)17/h2-10H,1H3/q+1. The van der Waals surface area contributed by atoms with Crippen molar-refractivity contribution in [1.82, 2.24) is 0 Å². The van der Waals surface area contributed by atoms with E-state index in [0.29, 0.717) is 5.58 Å². The Morgan fingerprint density at radius 3 is 2.53 bits per heavy atom. The van der Waals surface area contributed by atoms with E-state index >= 15 is 0 Å².